The second-order valence-corrected chi connectivity index (χ2v) is 7.65. The summed E-state index contributed by atoms with van der Waals surface area (Å²) in [6.45, 7) is 4.54. The lowest BCUT2D eigenvalue weighted by molar-refractivity contribution is -0.136. The molecule has 31 heavy (non-hydrogen) atoms. The summed E-state index contributed by atoms with van der Waals surface area (Å²) in [4.78, 5) is 10.8. The Balaban J connectivity index is 1.64. The number of aliphatic hydroxyl groups excluding tert-OH is 1. The highest BCUT2D eigenvalue weighted by molar-refractivity contribution is 5.67. The average Bonchev–Trinajstić information content (AvgIpc) is 2.75. The second-order valence-electron chi connectivity index (χ2n) is 7.65. The van der Waals surface area contributed by atoms with E-state index in [0.29, 0.717) is 24.5 Å². The van der Waals surface area contributed by atoms with Crippen LogP contribution in [-0.2, 0) is 17.6 Å². The van der Waals surface area contributed by atoms with Crippen molar-refractivity contribution < 1.29 is 19.7 Å². The van der Waals surface area contributed by atoms with Crippen LogP contribution >= 0.6 is 0 Å². The molecule has 0 heterocycles. The van der Waals surface area contributed by atoms with Crippen molar-refractivity contribution >= 4 is 5.97 Å². The van der Waals surface area contributed by atoms with E-state index >= 15 is 0 Å². The van der Waals surface area contributed by atoms with Crippen molar-refractivity contribution in [1.82, 2.24) is 5.32 Å². The first-order valence-electron chi connectivity index (χ1n) is 10.5. The van der Waals surface area contributed by atoms with Gasteiger partial charge >= 0.3 is 5.97 Å². The molecule has 3 rings (SSSR count). The van der Waals surface area contributed by atoms with Crippen molar-refractivity contribution in [2.45, 2.75) is 39.3 Å². The van der Waals surface area contributed by atoms with E-state index in [1.807, 2.05) is 68.4 Å². The number of carbonyl (C=O) groups is 1. The number of nitrogens with one attached hydrogen (secondary N) is 1. The number of rotatable bonds is 10. The van der Waals surface area contributed by atoms with Gasteiger partial charge in [-0.25, -0.2) is 0 Å². The van der Waals surface area contributed by atoms with E-state index < -0.39 is 12.2 Å². The molecule has 0 fully saturated rings. The van der Waals surface area contributed by atoms with E-state index in [9.17, 15) is 9.90 Å². The number of hydrogen-bond donors (Lipinski definition) is 3. The predicted octanol–water partition coefficient (Wildman–Crippen LogP) is 4.94. The lowest BCUT2D eigenvalue weighted by Gasteiger charge is -2.18. The molecule has 0 saturated heterocycles. The molecule has 1 atom stereocenters. The number of ether oxygens (including phenoxy) is 1. The van der Waals surface area contributed by atoms with E-state index in [1.165, 1.54) is 5.56 Å². The van der Waals surface area contributed by atoms with Crippen LogP contribution in [0.4, 0.5) is 0 Å². The fraction of sp³-hybridized carbons (Fsp3) is 0.269. The molecule has 3 aromatic rings. The van der Waals surface area contributed by atoms with Gasteiger partial charge in [-0.15, -0.1) is 0 Å². The minimum absolute atomic E-state index is 0.108. The third-order valence-electron chi connectivity index (χ3n) is 5.36. The van der Waals surface area contributed by atoms with E-state index in [1.54, 1.807) is 0 Å². The topological polar surface area (TPSA) is 78.8 Å². The number of aryl methyl sites for hydroxylation is 2. The number of aliphatic carboxylic acids is 1. The highest BCUT2D eigenvalue weighted by Crippen LogP contribution is 2.30. The van der Waals surface area contributed by atoms with Gasteiger partial charge in [0, 0.05) is 18.5 Å². The van der Waals surface area contributed by atoms with Crippen molar-refractivity contribution in [2.24, 2.45) is 0 Å². The summed E-state index contributed by atoms with van der Waals surface area (Å²) in [6, 6.07) is 21.5. The number of carboxylic acids is 1. The van der Waals surface area contributed by atoms with Gasteiger partial charge in [0.25, 0.3) is 0 Å². The Bertz CT molecular complexity index is 1020. The normalized spacial score (nSPS) is 11.8. The summed E-state index contributed by atoms with van der Waals surface area (Å²) >= 11 is 0. The molecule has 0 aliphatic heterocycles. The maximum absolute atomic E-state index is 10.8. The molecular weight excluding hydrogens is 390 g/mol. The third-order valence-corrected chi connectivity index (χ3v) is 5.36. The molecule has 0 spiro atoms. The molecular formula is C26H29NO4. The Labute approximate surface area is 183 Å². The summed E-state index contributed by atoms with van der Waals surface area (Å²) < 4.78 is 6.08. The van der Waals surface area contributed by atoms with Crippen LogP contribution in [-0.4, -0.2) is 22.7 Å². The summed E-state index contributed by atoms with van der Waals surface area (Å²) in [5.74, 6) is 0.561. The lowest BCUT2D eigenvalue weighted by atomic mass is 10.0. The summed E-state index contributed by atoms with van der Waals surface area (Å²) in [5.41, 5.74) is 4.86. The van der Waals surface area contributed by atoms with Crippen LogP contribution < -0.4 is 10.1 Å². The first-order chi connectivity index (χ1) is 14.9. The summed E-state index contributed by atoms with van der Waals surface area (Å²) in [7, 11) is 0. The van der Waals surface area contributed by atoms with Crippen LogP contribution in [0.5, 0.6) is 11.5 Å². The standard InChI is InChI=1S/C26H29NO4/c1-18-17-22(13-11-21(18)12-14-25(28)29)31-24-10-6-9-23(19(24)2)26(30)27-16-15-20-7-4-3-5-8-20/h3-11,13,17,26-27,30H,12,14-16H2,1-2H3,(H,28,29). The number of hydrogen-bond acceptors (Lipinski definition) is 4. The lowest BCUT2D eigenvalue weighted by Crippen LogP contribution is -2.24. The highest BCUT2D eigenvalue weighted by atomic mass is 16.5. The van der Waals surface area contributed by atoms with Crippen molar-refractivity contribution in [3.8, 4) is 11.5 Å². The van der Waals surface area contributed by atoms with Crippen LogP contribution in [0, 0.1) is 13.8 Å². The van der Waals surface area contributed by atoms with E-state index in [4.69, 9.17) is 9.84 Å². The smallest absolute Gasteiger partial charge is 0.303 e. The summed E-state index contributed by atoms with van der Waals surface area (Å²) in [5, 5.41) is 22.7. The van der Waals surface area contributed by atoms with Gasteiger partial charge in [0.15, 0.2) is 0 Å². The van der Waals surface area contributed by atoms with Gasteiger partial charge < -0.3 is 14.9 Å². The zero-order valence-electron chi connectivity index (χ0n) is 18.0. The monoisotopic (exact) mass is 419 g/mol. The largest absolute Gasteiger partial charge is 0.481 e. The molecule has 0 aliphatic carbocycles. The van der Waals surface area contributed by atoms with Crippen LogP contribution in [0.15, 0.2) is 66.7 Å². The van der Waals surface area contributed by atoms with Gasteiger partial charge in [-0.3, -0.25) is 10.1 Å². The molecule has 162 valence electrons. The average molecular weight is 420 g/mol. The minimum atomic E-state index is -0.803. The van der Waals surface area contributed by atoms with Crippen molar-refractivity contribution in [3.05, 3.63) is 94.5 Å². The highest BCUT2D eigenvalue weighted by Gasteiger charge is 2.14. The summed E-state index contributed by atoms with van der Waals surface area (Å²) in [6.07, 6.45) is 0.654. The molecule has 0 aliphatic rings. The molecule has 5 heteroatoms. The third kappa shape index (κ3) is 6.41. The van der Waals surface area contributed by atoms with Crippen LogP contribution in [0.3, 0.4) is 0 Å². The first-order valence-corrected chi connectivity index (χ1v) is 10.5. The first kappa shape index (κ1) is 22.5. The minimum Gasteiger partial charge on any atom is -0.481 e. The van der Waals surface area contributed by atoms with Crippen LogP contribution in [0.1, 0.15) is 40.5 Å². The van der Waals surface area contributed by atoms with Gasteiger partial charge in [0.2, 0.25) is 0 Å². The number of carboxylic acid groups (broad SMARTS) is 1. The molecule has 0 aromatic heterocycles. The van der Waals surface area contributed by atoms with Gasteiger partial charge in [0.05, 0.1) is 0 Å². The molecule has 3 aromatic carbocycles. The van der Waals surface area contributed by atoms with Gasteiger partial charge in [-0.1, -0.05) is 48.5 Å². The molecule has 3 N–H and O–H groups in total. The van der Waals surface area contributed by atoms with Gasteiger partial charge in [-0.2, -0.15) is 0 Å². The zero-order valence-corrected chi connectivity index (χ0v) is 18.0. The zero-order chi connectivity index (χ0) is 22.2. The molecule has 5 nitrogen and oxygen atoms in total. The quantitative estimate of drug-likeness (QED) is 0.406. The Morgan fingerprint density at radius 2 is 1.77 bits per heavy atom. The van der Waals surface area contributed by atoms with E-state index in [-0.39, 0.29) is 6.42 Å². The number of aliphatic hydroxyl groups is 1. The fourth-order valence-corrected chi connectivity index (χ4v) is 3.53. The molecule has 1 unspecified atom stereocenters. The SMILES string of the molecule is Cc1cc(Oc2cccc(C(O)NCCc3ccccc3)c2C)ccc1CCC(=O)O. The van der Waals surface area contributed by atoms with Gasteiger partial charge in [-0.05, 0) is 67.1 Å². The van der Waals surface area contributed by atoms with Crippen molar-refractivity contribution in [1.29, 1.82) is 0 Å². The van der Waals surface area contributed by atoms with Crippen molar-refractivity contribution in [2.75, 3.05) is 6.54 Å². The molecule has 0 saturated carbocycles. The fourth-order valence-electron chi connectivity index (χ4n) is 3.53. The van der Waals surface area contributed by atoms with E-state index in [0.717, 1.165) is 28.7 Å². The Morgan fingerprint density at radius 1 is 1.00 bits per heavy atom. The maximum atomic E-state index is 10.8. The Morgan fingerprint density at radius 3 is 2.48 bits per heavy atom. The Hall–Kier alpha value is -3.15. The van der Waals surface area contributed by atoms with E-state index in [2.05, 4.69) is 17.4 Å². The molecule has 0 bridgehead atoms. The van der Waals surface area contributed by atoms with Gasteiger partial charge in [0.1, 0.15) is 17.7 Å². The van der Waals surface area contributed by atoms with Crippen LogP contribution in [0.25, 0.3) is 0 Å². The predicted molar refractivity (Wildman–Crippen MR) is 121 cm³/mol. The second kappa shape index (κ2) is 10.8. The van der Waals surface area contributed by atoms with Crippen LogP contribution in [0.2, 0.25) is 0 Å². The number of benzene rings is 3. The van der Waals surface area contributed by atoms with Crippen molar-refractivity contribution in [3.63, 3.8) is 0 Å². The maximum Gasteiger partial charge on any atom is 0.303 e. The Kier molecular flexibility index (Phi) is 7.82. The molecule has 0 radical (unpaired) electrons. The molecule has 0 amide bonds.